The van der Waals surface area contributed by atoms with Crippen LogP contribution in [0.5, 0.6) is 5.75 Å². The number of ether oxygens (including phenoxy) is 2. The second-order valence-corrected chi connectivity index (χ2v) is 5.13. The molecular formula is C16H26N2O3. The Bertz CT molecular complexity index is 447. The molecule has 0 bridgehead atoms. The zero-order valence-corrected chi connectivity index (χ0v) is 13.1. The summed E-state index contributed by atoms with van der Waals surface area (Å²) in [6.07, 6.45) is 1.92. The van der Waals surface area contributed by atoms with Crippen molar-refractivity contribution in [2.75, 3.05) is 25.5 Å². The monoisotopic (exact) mass is 294 g/mol. The molecule has 0 radical (unpaired) electrons. The van der Waals surface area contributed by atoms with Crippen molar-refractivity contribution in [1.29, 1.82) is 0 Å². The first-order valence-corrected chi connectivity index (χ1v) is 7.46. The molecule has 5 nitrogen and oxygen atoms in total. The minimum absolute atomic E-state index is 0.131. The summed E-state index contributed by atoms with van der Waals surface area (Å²) in [6, 6.07) is 5.11. The van der Waals surface area contributed by atoms with Crippen LogP contribution in [0.25, 0.3) is 0 Å². The van der Waals surface area contributed by atoms with Crippen molar-refractivity contribution in [3.05, 3.63) is 23.8 Å². The average molecular weight is 294 g/mol. The van der Waals surface area contributed by atoms with E-state index in [1.807, 2.05) is 20.8 Å². The fraction of sp³-hybridized carbons (Fsp3) is 0.562. The van der Waals surface area contributed by atoms with Gasteiger partial charge in [-0.3, -0.25) is 4.79 Å². The van der Waals surface area contributed by atoms with Crippen molar-refractivity contribution in [2.45, 2.75) is 39.7 Å². The number of nitrogen functional groups attached to an aromatic ring is 1. The molecule has 0 spiro atoms. The molecule has 118 valence electrons. The number of nitrogens with one attached hydrogen (secondary N) is 1. The van der Waals surface area contributed by atoms with Crippen LogP contribution < -0.4 is 15.8 Å². The van der Waals surface area contributed by atoms with Gasteiger partial charge in [0, 0.05) is 18.7 Å². The third-order valence-electron chi connectivity index (χ3n) is 2.79. The Labute approximate surface area is 126 Å². The summed E-state index contributed by atoms with van der Waals surface area (Å²) >= 11 is 0. The lowest BCUT2D eigenvalue weighted by atomic mass is 10.1. The molecule has 5 heteroatoms. The molecule has 0 aliphatic rings. The van der Waals surface area contributed by atoms with Crippen molar-refractivity contribution >= 4 is 11.6 Å². The van der Waals surface area contributed by atoms with Gasteiger partial charge in [0.05, 0.1) is 18.4 Å². The van der Waals surface area contributed by atoms with Gasteiger partial charge in [-0.05, 0) is 44.9 Å². The SMILES string of the molecule is CCCOc1ccc(C(=O)NCCCOC(C)C)cc1N. The number of rotatable bonds is 9. The van der Waals surface area contributed by atoms with Crippen molar-refractivity contribution < 1.29 is 14.3 Å². The van der Waals surface area contributed by atoms with Crippen LogP contribution in [-0.2, 0) is 4.74 Å². The second-order valence-electron chi connectivity index (χ2n) is 5.13. The molecule has 0 saturated heterocycles. The fourth-order valence-corrected chi connectivity index (χ4v) is 1.73. The molecule has 0 aliphatic heterocycles. The average Bonchev–Trinajstić information content (AvgIpc) is 2.45. The quantitative estimate of drug-likeness (QED) is 0.542. The number of anilines is 1. The van der Waals surface area contributed by atoms with E-state index in [4.69, 9.17) is 15.2 Å². The molecule has 1 aromatic rings. The summed E-state index contributed by atoms with van der Waals surface area (Å²) in [7, 11) is 0. The predicted octanol–water partition coefficient (Wildman–Crippen LogP) is 2.60. The van der Waals surface area contributed by atoms with E-state index in [0.717, 1.165) is 12.8 Å². The zero-order chi connectivity index (χ0) is 15.7. The molecule has 0 aliphatic carbocycles. The number of hydrogen-bond donors (Lipinski definition) is 2. The number of amides is 1. The van der Waals surface area contributed by atoms with Gasteiger partial charge in [-0.15, -0.1) is 0 Å². The Morgan fingerprint density at radius 3 is 2.71 bits per heavy atom. The lowest BCUT2D eigenvalue weighted by Gasteiger charge is -2.10. The van der Waals surface area contributed by atoms with E-state index >= 15 is 0 Å². The zero-order valence-electron chi connectivity index (χ0n) is 13.1. The largest absolute Gasteiger partial charge is 0.491 e. The highest BCUT2D eigenvalue weighted by molar-refractivity contribution is 5.95. The van der Waals surface area contributed by atoms with Crippen LogP contribution in [0, 0.1) is 0 Å². The van der Waals surface area contributed by atoms with Gasteiger partial charge in [-0.2, -0.15) is 0 Å². The number of carbonyl (C=O) groups is 1. The molecule has 0 fully saturated rings. The Kier molecular flexibility index (Phi) is 7.61. The molecule has 0 unspecified atom stereocenters. The van der Waals surface area contributed by atoms with Gasteiger partial charge in [0.2, 0.25) is 0 Å². The highest BCUT2D eigenvalue weighted by Gasteiger charge is 2.08. The fourth-order valence-electron chi connectivity index (χ4n) is 1.73. The Hall–Kier alpha value is -1.75. The van der Waals surface area contributed by atoms with Crippen molar-refractivity contribution in [3.8, 4) is 5.75 Å². The molecule has 1 amide bonds. The molecule has 0 aromatic heterocycles. The van der Waals surface area contributed by atoms with E-state index in [1.165, 1.54) is 0 Å². The standard InChI is InChI=1S/C16H26N2O3/c1-4-9-21-15-7-6-13(11-14(15)17)16(19)18-8-5-10-20-12(2)3/h6-7,11-12H,4-5,8-10,17H2,1-3H3,(H,18,19). The van der Waals surface area contributed by atoms with Crippen molar-refractivity contribution in [2.24, 2.45) is 0 Å². The number of hydrogen-bond acceptors (Lipinski definition) is 4. The normalized spacial score (nSPS) is 10.7. The summed E-state index contributed by atoms with van der Waals surface area (Å²) in [5.74, 6) is 0.493. The molecule has 3 N–H and O–H groups in total. The summed E-state index contributed by atoms with van der Waals surface area (Å²) in [5.41, 5.74) is 6.91. The van der Waals surface area contributed by atoms with Gasteiger partial charge in [-0.25, -0.2) is 0 Å². The summed E-state index contributed by atoms with van der Waals surface area (Å²) < 4.78 is 10.9. The highest BCUT2D eigenvalue weighted by Crippen LogP contribution is 2.22. The first-order valence-electron chi connectivity index (χ1n) is 7.46. The van der Waals surface area contributed by atoms with Crippen LogP contribution >= 0.6 is 0 Å². The third kappa shape index (κ3) is 6.49. The molecule has 1 rings (SSSR count). The van der Waals surface area contributed by atoms with Crippen molar-refractivity contribution in [1.82, 2.24) is 5.32 Å². The van der Waals surface area contributed by atoms with E-state index in [9.17, 15) is 4.79 Å². The van der Waals surface area contributed by atoms with E-state index < -0.39 is 0 Å². The van der Waals surface area contributed by atoms with Gasteiger partial charge in [0.15, 0.2) is 0 Å². The summed E-state index contributed by atoms with van der Waals surface area (Å²) in [4.78, 5) is 12.0. The molecular weight excluding hydrogens is 268 g/mol. The van der Waals surface area contributed by atoms with E-state index in [0.29, 0.717) is 36.8 Å². The van der Waals surface area contributed by atoms with Gasteiger partial charge >= 0.3 is 0 Å². The molecule has 1 aromatic carbocycles. The molecule has 21 heavy (non-hydrogen) atoms. The maximum absolute atomic E-state index is 12.0. The first-order chi connectivity index (χ1) is 10.0. The van der Waals surface area contributed by atoms with Crippen LogP contribution in [0.1, 0.15) is 44.0 Å². The van der Waals surface area contributed by atoms with Crippen LogP contribution in [0.3, 0.4) is 0 Å². The third-order valence-corrected chi connectivity index (χ3v) is 2.79. The van der Waals surface area contributed by atoms with Gasteiger partial charge in [-0.1, -0.05) is 6.92 Å². The maximum atomic E-state index is 12.0. The van der Waals surface area contributed by atoms with Crippen LogP contribution in [0.2, 0.25) is 0 Å². The Morgan fingerprint density at radius 1 is 1.33 bits per heavy atom. The smallest absolute Gasteiger partial charge is 0.251 e. The van der Waals surface area contributed by atoms with Crippen LogP contribution in [-0.4, -0.2) is 31.8 Å². The second kappa shape index (κ2) is 9.23. The van der Waals surface area contributed by atoms with Crippen LogP contribution in [0.4, 0.5) is 5.69 Å². The van der Waals surface area contributed by atoms with E-state index in [2.05, 4.69) is 5.32 Å². The molecule has 0 atom stereocenters. The topological polar surface area (TPSA) is 73.6 Å². The number of benzene rings is 1. The number of carbonyl (C=O) groups excluding carboxylic acids is 1. The van der Waals surface area contributed by atoms with E-state index in [1.54, 1.807) is 18.2 Å². The Balaban J connectivity index is 2.42. The lowest BCUT2D eigenvalue weighted by Crippen LogP contribution is -2.25. The number of nitrogens with two attached hydrogens (primary N) is 1. The maximum Gasteiger partial charge on any atom is 0.251 e. The lowest BCUT2D eigenvalue weighted by molar-refractivity contribution is 0.0757. The van der Waals surface area contributed by atoms with Gasteiger partial charge in [0.25, 0.3) is 5.91 Å². The molecule has 0 heterocycles. The molecule has 0 saturated carbocycles. The van der Waals surface area contributed by atoms with Gasteiger partial charge < -0.3 is 20.5 Å². The Morgan fingerprint density at radius 2 is 2.10 bits per heavy atom. The minimum Gasteiger partial charge on any atom is -0.491 e. The van der Waals surface area contributed by atoms with Crippen molar-refractivity contribution in [3.63, 3.8) is 0 Å². The predicted molar refractivity (Wildman–Crippen MR) is 84.7 cm³/mol. The highest BCUT2D eigenvalue weighted by atomic mass is 16.5. The van der Waals surface area contributed by atoms with E-state index in [-0.39, 0.29) is 12.0 Å². The minimum atomic E-state index is -0.131. The van der Waals surface area contributed by atoms with Gasteiger partial charge in [0.1, 0.15) is 5.75 Å². The summed E-state index contributed by atoms with van der Waals surface area (Å²) in [5, 5.41) is 2.85. The summed E-state index contributed by atoms with van der Waals surface area (Å²) in [6.45, 7) is 7.85. The van der Waals surface area contributed by atoms with Crippen LogP contribution in [0.15, 0.2) is 18.2 Å². The first kappa shape index (κ1) is 17.3.